The van der Waals surface area contributed by atoms with Crippen LogP contribution in [0, 0.1) is 6.92 Å². The molecule has 0 radical (unpaired) electrons. The molecule has 6 heteroatoms. The Morgan fingerprint density at radius 3 is 2.46 bits per heavy atom. The highest BCUT2D eigenvalue weighted by molar-refractivity contribution is 7.09. The Morgan fingerprint density at radius 2 is 1.79 bits per heavy atom. The fourth-order valence-electron chi connectivity index (χ4n) is 3.87. The van der Waals surface area contributed by atoms with E-state index in [0.29, 0.717) is 12.1 Å². The number of benzene rings is 1. The second-order valence-electron chi connectivity index (χ2n) is 7.20. The van der Waals surface area contributed by atoms with Crippen LogP contribution in [0.3, 0.4) is 0 Å². The molecule has 0 saturated carbocycles. The number of nitrogens with zero attached hydrogens (tertiary/aromatic N) is 3. The van der Waals surface area contributed by atoms with Crippen molar-refractivity contribution in [2.75, 3.05) is 33.3 Å². The summed E-state index contributed by atoms with van der Waals surface area (Å²) in [7, 11) is 1.43. The molecule has 0 unspecified atom stereocenters. The van der Waals surface area contributed by atoms with Gasteiger partial charge in [-0.3, -0.25) is 14.8 Å². The molecule has 1 fully saturated rings. The number of ether oxygens (including phenoxy) is 1. The summed E-state index contributed by atoms with van der Waals surface area (Å²) in [5, 5.41) is 3.14. The van der Waals surface area contributed by atoms with Crippen molar-refractivity contribution in [1.82, 2.24) is 14.8 Å². The molecule has 146 valence electrons. The summed E-state index contributed by atoms with van der Waals surface area (Å²) >= 11 is 1.81. The lowest BCUT2D eigenvalue weighted by atomic mass is 10.0. The molecule has 0 amide bonds. The molecule has 5 nitrogen and oxygen atoms in total. The minimum Gasteiger partial charge on any atom is -0.465 e. The van der Waals surface area contributed by atoms with Crippen LogP contribution >= 0.6 is 11.3 Å². The number of hydrogen-bond acceptors (Lipinski definition) is 6. The topological polar surface area (TPSA) is 45.7 Å². The van der Waals surface area contributed by atoms with Crippen molar-refractivity contribution in [3.05, 3.63) is 63.5 Å². The van der Waals surface area contributed by atoms with Crippen LogP contribution in [-0.2, 0) is 17.8 Å². The Hall–Kier alpha value is -2.28. The normalized spacial score (nSPS) is 15.8. The first kappa shape index (κ1) is 19.1. The number of carbonyl (C=O) groups is 1. The van der Waals surface area contributed by atoms with E-state index in [9.17, 15) is 4.79 Å². The lowest BCUT2D eigenvalue weighted by Gasteiger charge is -2.34. The number of carbonyl (C=O) groups excluding carboxylic acids is 1. The Balaban J connectivity index is 1.52. The molecule has 28 heavy (non-hydrogen) atoms. The molecule has 1 aliphatic heterocycles. The smallest absolute Gasteiger partial charge is 0.340 e. The van der Waals surface area contributed by atoms with E-state index in [-0.39, 0.29) is 5.97 Å². The van der Waals surface area contributed by atoms with Crippen LogP contribution in [0.15, 0.2) is 41.8 Å². The number of pyridine rings is 1. The molecular formula is C22H25N3O2S. The van der Waals surface area contributed by atoms with Crippen molar-refractivity contribution in [2.45, 2.75) is 20.0 Å². The zero-order valence-electron chi connectivity index (χ0n) is 16.4. The summed E-state index contributed by atoms with van der Waals surface area (Å²) in [4.78, 5) is 23.6. The fraction of sp³-hybridized carbons (Fsp3) is 0.364. The van der Waals surface area contributed by atoms with Crippen LogP contribution in [-0.4, -0.2) is 54.0 Å². The predicted octanol–water partition coefficient (Wildman–Crippen LogP) is 3.71. The number of aromatic nitrogens is 1. The standard InChI is InChI=1S/C22H25N3O2S/c1-16-18-7-3-4-8-19(18)23-20(21(16)22(26)27-2)15-25-11-9-24(10-12-25)14-17-6-5-13-28-17/h3-8,13H,9-12,14-15H2,1-2H3. The van der Waals surface area contributed by atoms with Gasteiger partial charge in [-0.25, -0.2) is 4.79 Å². The molecule has 1 aliphatic rings. The van der Waals surface area contributed by atoms with Gasteiger partial charge < -0.3 is 4.74 Å². The number of para-hydroxylation sites is 1. The van der Waals surface area contributed by atoms with E-state index in [1.165, 1.54) is 12.0 Å². The first-order valence-corrected chi connectivity index (χ1v) is 10.5. The number of esters is 1. The van der Waals surface area contributed by atoms with Gasteiger partial charge in [-0.15, -0.1) is 11.3 Å². The third kappa shape index (κ3) is 3.94. The van der Waals surface area contributed by atoms with Crippen molar-refractivity contribution < 1.29 is 9.53 Å². The molecule has 1 saturated heterocycles. The van der Waals surface area contributed by atoms with Crippen LogP contribution in [0.1, 0.15) is 26.5 Å². The Kier molecular flexibility index (Phi) is 5.71. The first-order valence-electron chi connectivity index (χ1n) is 9.59. The number of rotatable bonds is 5. The van der Waals surface area contributed by atoms with E-state index in [1.807, 2.05) is 42.5 Å². The van der Waals surface area contributed by atoms with Crippen LogP contribution in [0.4, 0.5) is 0 Å². The van der Waals surface area contributed by atoms with Gasteiger partial charge in [-0.2, -0.15) is 0 Å². The molecule has 4 rings (SSSR count). The molecule has 1 aromatic carbocycles. The number of methoxy groups -OCH3 is 1. The van der Waals surface area contributed by atoms with Crippen molar-refractivity contribution in [2.24, 2.45) is 0 Å². The number of thiophene rings is 1. The quantitative estimate of drug-likeness (QED) is 0.617. The van der Waals surface area contributed by atoms with Gasteiger partial charge in [-0.1, -0.05) is 24.3 Å². The van der Waals surface area contributed by atoms with Crippen LogP contribution in [0.2, 0.25) is 0 Å². The highest BCUT2D eigenvalue weighted by Crippen LogP contribution is 2.25. The highest BCUT2D eigenvalue weighted by Gasteiger charge is 2.23. The Bertz CT molecular complexity index is 963. The Morgan fingerprint density at radius 1 is 1.07 bits per heavy atom. The van der Waals surface area contributed by atoms with Crippen LogP contribution in [0.25, 0.3) is 10.9 Å². The van der Waals surface area contributed by atoms with E-state index < -0.39 is 0 Å². The monoisotopic (exact) mass is 395 g/mol. The summed E-state index contributed by atoms with van der Waals surface area (Å²) in [5.74, 6) is -0.304. The number of piperazine rings is 1. The minimum atomic E-state index is -0.304. The van der Waals surface area contributed by atoms with E-state index in [1.54, 1.807) is 0 Å². The number of hydrogen-bond donors (Lipinski definition) is 0. The Labute approximate surface area is 169 Å². The van der Waals surface area contributed by atoms with Gasteiger partial charge in [-0.05, 0) is 30.0 Å². The van der Waals surface area contributed by atoms with Crippen LogP contribution < -0.4 is 0 Å². The van der Waals surface area contributed by atoms with E-state index >= 15 is 0 Å². The number of aryl methyl sites for hydroxylation is 1. The summed E-state index contributed by atoms with van der Waals surface area (Å²) in [5.41, 5.74) is 3.31. The lowest BCUT2D eigenvalue weighted by molar-refractivity contribution is 0.0595. The summed E-state index contributed by atoms with van der Waals surface area (Å²) in [6.07, 6.45) is 0. The van der Waals surface area contributed by atoms with E-state index in [2.05, 4.69) is 27.3 Å². The highest BCUT2D eigenvalue weighted by atomic mass is 32.1. The first-order chi connectivity index (χ1) is 13.7. The zero-order chi connectivity index (χ0) is 19.5. The van der Waals surface area contributed by atoms with Crippen molar-refractivity contribution >= 4 is 28.2 Å². The van der Waals surface area contributed by atoms with Gasteiger partial charge in [0.25, 0.3) is 0 Å². The molecule has 0 atom stereocenters. The maximum absolute atomic E-state index is 12.5. The minimum absolute atomic E-state index is 0.304. The third-order valence-corrected chi connectivity index (χ3v) is 6.28. The second kappa shape index (κ2) is 8.39. The summed E-state index contributed by atoms with van der Waals surface area (Å²) in [6, 6.07) is 12.3. The summed E-state index contributed by atoms with van der Waals surface area (Å²) in [6.45, 7) is 7.67. The maximum atomic E-state index is 12.5. The van der Waals surface area contributed by atoms with Gasteiger partial charge in [0.05, 0.1) is 23.9 Å². The van der Waals surface area contributed by atoms with E-state index in [4.69, 9.17) is 9.72 Å². The second-order valence-corrected chi connectivity index (χ2v) is 8.23. The average Bonchev–Trinajstić information content (AvgIpc) is 3.22. The zero-order valence-corrected chi connectivity index (χ0v) is 17.2. The fourth-order valence-corrected chi connectivity index (χ4v) is 4.61. The van der Waals surface area contributed by atoms with E-state index in [0.717, 1.165) is 54.9 Å². The molecule has 3 aromatic rings. The van der Waals surface area contributed by atoms with Gasteiger partial charge >= 0.3 is 5.97 Å². The molecule has 0 aliphatic carbocycles. The average molecular weight is 396 g/mol. The predicted molar refractivity (Wildman–Crippen MR) is 113 cm³/mol. The molecule has 0 bridgehead atoms. The van der Waals surface area contributed by atoms with Gasteiger partial charge in [0.15, 0.2) is 0 Å². The van der Waals surface area contributed by atoms with Gasteiger partial charge in [0.1, 0.15) is 0 Å². The maximum Gasteiger partial charge on any atom is 0.340 e. The van der Waals surface area contributed by atoms with Crippen molar-refractivity contribution in [3.63, 3.8) is 0 Å². The number of fused-ring (bicyclic) bond motifs is 1. The summed E-state index contributed by atoms with van der Waals surface area (Å²) < 4.78 is 5.07. The third-order valence-electron chi connectivity index (χ3n) is 5.41. The molecule has 2 aromatic heterocycles. The van der Waals surface area contributed by atoms with Gasteiger partial charge in [0, 0.05) is 49.5 Å². The molecule has 0 N–H and O–H groups in total. The molecule has 3 heterocycles. The molecule has 0 spiro atoms. The van der Waals surface area contributed by atoms with Gasteiger partial charge in [0.2, 0.25) is 0 Å². The SMILES string of the molecule is COC(=O)c1c(CN2CCN(Cc3cccs3)CC2)nc2ccccc2c1C. The lowest BCUT2D eigenvalue weighted by Crippen LogP contribution is -2.45. The largest absolute Gasteiger partial charge is 0.465 e. The molecular weight excluding hydrogens is 370 g/mol. The van der Waals surface area contributed by atoms with Crippen molar-refractivity contribution in [1.29, 1.82) is 0 Å². The van der Waals surface area contributed by atoms with Crippen LogP contribution in [0.5, 0.6) is 0 Å². The van der Waals surface area contributed by atoms with Crippen molar-refractivity contribution in [3.8, 4) is 0 Å².